The maximum Gasteiger partial charge on any atom is 0.344 e. The molecule has 2 N–H and O–H groups in total. The number of aliphatic carboxylic acids is 1. The highest BCUT2D eigenvalue weighted by Crippen LogP contribution is 2.30. The lowest BCUT2D eigenvalue weighted by Gasteiger charge is -2.16. The number of carboxylic acid groups (broad SMARTS) is 2. The predicted octanol–water partition coefficient (Wildman–Crippen LogP) is 4.90. The van der Waals surface area contributed by atoms with Crippen LogP contribution in [0.15, 0.2) is 36.4 Å². The third-order valence-corrected chi connectivity index (χ3v) is 5.52. The molecule has 0 fully saturated rings. The number of aromatic carboxylic acids is 1. The van der Waals surface area contributed by atoms with Crippen molar-refractivity contribution in [2.45, 2.75) is 39.8 Å². The Bertz CT molecular complexity index is 1100. The van der Waals surface area contributed by atoms with E-state index in [1.165, 1.54) is 0 Å². The molecule has 1 atom stereocenters. The summed E-state index contributed by atoms with van der Waals surface area (Å²) in [5.41, 5.74) is 3.94. The molecule has 2 aromatic carbocycles. The highest BCUT2D eigenvalue weighted by Gasteiger charge is 2.18. The number of nitrogens with zero attached hydrogens (tertiary/aromatic N) is 1. The first kappa shape index (κ1) is 20.7. The van der Waals surface area contributed by atoms with Crippen LogP contribution < -0.4 is 4.74 Å². The molecule has 0 aliphatic rings. The quantitative estimate of drug-likeness (QED) is 0.573. The van der Waals surface area contributed by atoms with E-state index in [9.17, 15) is 19.8 Å². The Morgan fingerprint density at radius 2 is 1.86 bits per heavy atom. The van der Waals surface area contributed by atoms with E-state index >= 15 is 0 Å². The van der Waals surface area contributed by atoms with Crippen molar-refractivity contribution in [3.8, 4) is 5.75 Å². The van der Waals surface area contributed by atoms with Crippen LogP contribution in [0.2, 0.25) is 5.02 Å². The number of hydrogen-bond acceptors (Lipinski definition) is 3. The summed E-state index contributed by atoms with van der Waals surface area (Å²) < 4.78 is 7.66. The minimum Gasteiger partial charge on any atom is -0.479 e. The van der Waals surface area contributed by atoms with Gasteiger partial charge in [-0.2, -0.15) is 0 Å². The lowest BCUT2D eigenvalue weighted by molar-refractivity contribution is -0.145. The largest absolute Gasteiger partial charge is 0.479 e. The summed E-state index contributed by atoms with van der Waals surface area (Å²) in [5.74, 6) is -1.53. The number of fused-ring (bicyclic) bond motifs is 1. The van der Waals surface area contributed by atoms with E-state index in [4.69, 9.17) is 16.3 Å². The summed E-state index contributed by atoms with van der Waals surface area (Å²) >= 11 is 6.39. The van der Waals surface area contributed by atoms with Gasteiger partial charge in [-0.3, -0.25) is 0 Å². The summed E-state index contributed by atoms with van der Waals surface area (Å²) in [7, 11) is 0. The molecule has 0 radical (unpaired) electrons. The number of carbonyl (C=O) groups is 2. The van der Waals surface area contributed by atoms with Gasteiger partial charge < -0.3 is 19.5 Å². The first-order valence-electron chi connectivity index (χ1n) is 9.23. The van der Waals surface area contributed by atoms with Gasteiger partial charge in [0.1, 0.15) is 5.75 Å². The average Bonchev–Trinajstić information content (AvgIpc) is 2.92. The highest BCUT2D eigenvalue weighted by molar-refractivity contribution is 6.31. The van der Waals surface area contributed by atoms with Crippen molar-refractivity contribution in [1.82, 2.24) is 4.57 Å². The van der Waals surface area contributed by atoms with E-state index in [0.717, 1.165) is 27.7 Å². The van der Waals surface area contributed by atoms with E-state index < -0.39 is 18.0 Å². The molecule has 1 aromatic heterocycles. The molecule has 152 valence electrons. The van der Waals surface area contributed by atoms with E-state index in [2.05, 4.69) is 4.57 Å². The molecule has 3 aromatic rings. The molecule has 7 heteroatoms. The second-order valence-electron chi connectivity index (χ2n) is 6.94. The molecule has 0 unspecified atom stereocenters. The number of carboxylic acids is 2. The fourth-order valence-corrected chi connectivity index (χ4v) is 3.55. The van der Waals surface area contributed by atoms with Crippen LogP contribution in [0, 0.1) is 13.8 Å². The van der Waals surface area contributed by atoms with Crippen molar-refractivity contribution >= 4 is 34.4 Å². The van der Waals surface area contributed by atoms with E-state index in [-0.39, 0.29) is 5.56 Å². The molecule has 1 heterocycles. The highest BCUT2D eigenvalue weighted by atomic mass is 35.5. The molecule has 3 rings (SSSR count). The SMILES string of the molecule is CC[C@H](Oc1ccc(Cl)c(Cn2c(C)c(C)c3cc(C(=O)O)ccc32)c1)C(=O)O. The summed E-state index contributed by atoms with van der Waals surface area (Å²) in [5, 5.41) is 19.9. The van der Waals surface area contributed by atoms with Gasteiger partial charge in [0, 0.05) is 28.2 Å². The second-order valence-corrected chi connectivity index (χ2v) is 7.35. The smallest absolute Gasteiger partial charge is 0.344 e. The van der Waals surface area contributed by atoms with Crippen molar-refractivity contribution in [3.05, 3.63) is 63.8 Å². The third-order valence-electron chi connectivity index (χ3n) is 5.16. The molecule has 0 aliphatic carbocycles. The molecule has 29 heavy (non-hydrogen) atoms. The second kappa shape index (κ2) is 8.17. The summed E-state index contributed by atoms with van der Waals surface area (Å²) in [6.07, 6.45) is -0.574. The molecule has 0 spiro atoms. The molecule has 0 saturated heterocycles. The van der Waals surface area contributed by atoms with Crippen molar-refractivity contribution < 1.29 is 24.5 Å². The number of benzene rings is 2. The van der Waals surface area contributed by atoms with Gasteiger partial charge in [-0.25, -0.2) is 9.59 Å². The predicted molar refractivity (Wildman–Crippen MR) is 111 cm³/mol. The number of ether oxygens (including phenoxy) is 1. The van der Waals surface area contributed by atoms with Gasteiger partial charge in [0.05, 0.1) is 5.56 Å². The van der Waals surface area contributed by atoms with Crippen LogP contribution in [0.5, 0.6) is 5.75 Å². The minimum atomic E-state index is -1.01. The van der Waals surface area contributed by atoms with Gasteiger partial charge in [-0.15, -0.1) is 0 Å². The number of rotatable bonds is 7. The maximum absolute atomic E-state index is 11.3. The zero-order valence-electron chi connectivity index (χ0n) is 16.4. The molecule has 0 amide bonds. The van der Waals surface area contributed by atoms with Crippen LogP contribution in [0.3, 0.4) is 0 Å². The third kappa shape index (κ3) is 4.07. The Labute approximate surface area is 173 Å². The maximum atomic E-state index is 11.3. The summed E-state index contributed by atoms with van der Waals surface area (Å²) in [6, 6.07) is 10.2. The lowest BCUT2D eigenvalue weighted by Crippen LogP contribution is -2.25. The van der Waals surface area contributed by atoms with Crippen molar-refractivity contribution in [3.63, 3.8) is 0 Å². The van der Waals surface area contributed by atoms with Crippen LogP contribution in [0.25, 0.3) is 10.9 Å². The summed E-state index contributed by atoms with van der Waals surface area (Å²) in [4.78, 5) is 22.6. The standard InChI is InChI=1S/C22H22ClNO5/c1-4-20(22(27)28)29-16-6-7-18(23)15(9-16)11-24-13(3)12(2)17-10-14(21(25)26)5-8-19(17)24/h5-10,20H,4,11H2,1-3H3,(H,25,26)(H,27,28)/t20-/m0/s1. The zero-order chi connectivity index (χ0) is 21.3. The Balaban J connectivity index is 2.00. The Kier molecular flexibility index (Phi) is 5.84. The van der Waals surface area contributed by atoms with Crippen LogP contribution >= 0.6 is 11.6 Å². The van der Waals surface area contributed by atoms with Crippen LogP contribution in [0.1, 0.15) is 40.5 Å². The monoisotopic (exact) mass is 415 g/mol. The molecular formula is C22H22ClNO5. The van der Waals surface area contributed by atoms with Gasteiger partial charge in [0.25, 0.3) is 0 Å². The zero-order valence-corrected chi connectivity index (χ0v) is 17.2. The number of hydrogen-bond donors (Lipinski definition) is 2. The van der Waals surface area contributed by atoms with Gasteiger partial charge in [0.15, 0.2) is 6.10 Å². The van der Waals surface area contributed by atoms with Crippen molar-refractivity contribution in [2.75, 3.05) is 0 Å². The molecule has 0 bridgehead atoms. The van der Waals surface area contributed by atoms with Crippen LogP contribution in [-0.2, 0) is 11.3 Å². The van der Waals surface area contributed by atoms with Gasteiger partial charge in [0.2, 0.25) is 0 Å². The van der Waals surface area contributed by atoms with E-state index in [1.807, 2.05) is 13.8 Å². The first-order chi connectivity index (χ1) is 13.7. The van der Waals surface area contributed by atoms with Crippen molar-refractivity contribution in [2.24, 2.45) is 0 Å². The van der Waals surface area contributed by atoms with Gasteiger partial charge in [-0.1, -0.05) is 18.5 Å². The molecule has 6 nitrogen and oxygen atoms in total. The fraction of sp³-hybridized carbons (Fsp3) is 0.273. The van der Waals surface area contributed by atoms with E-state index in [0.29, 0.717) is 23.7 Å². The number of aryl methyl sites for hydroxylation is 1. The topological polar surface area (TPSA) is 88.8 Å². The Morgan fingerprint density at radius 1 is 1.14 bits per heavy atom. The number of halogens is 1. The van der Waals surface area contributed by atoms with Crippen LogP contribution in [-0.4, -0.2) is 32.8 Å². The van der Waals surface area contributed by atoms with Gasteiger partial charge >= 0.3 is 11.9 Å². The number of aromatic nitrogens is 1. The van der Waals surface area contributed by atoms with Crippen LogP contribution in [0.4, 0.5) is 0 Å². The molecule has 0 aliphatic heterocycles. The molecular weight excluding hydrogens is 394 g/mol. The fourth-order valence-electron chi connectivity index (χ4n) is 3.38. The van der Waals surface area contributed by atoms with Crippen molar-refractivity contribution in [1.29, 1.82) is 0 Å². The van der Waals surface area contributed by atoms with Gasteiger partial charge in [-0.05, 0) is 67.8 Å². The first-order valence-corrected chi connectivity index (χ1v) is 9.61. The normalized spacial score (nSPS) is 12.1. The average molecular weight is 416 g/mol. The van der Waals surface area contributed by atoms with E-state index in [1.54, 1.807) is 43.3 Å². The molecule has 0 saturated carbocycles. The Morgan fingerprint density at radius 3 is 2.48 bits per heavy atom. The lowest BCUT2D eigenvalue weighted by atomic mass is 10.1. The Hall–Kier alpha value is -2.99. The minimum absolute atomic E-state index is 0.241. The summed E-state index contributed by atoms with van der Waals surface area (Å²) in [6.45, 7) is 6.13.